The van der Waals surface area contributed by atoms with Crippen molar-refractivity contribution in [2.75, 3.05) is 7.11 Å². The number of benzene rings is 1. The summed E-state index contributed by atoms with van der Waals surface area (Å²) in [5.41, 5.74) is 1.20. The predicted molar refractivity (Wildman–Crippen MR) is 79.0 cm³/mol. The van der Waals surface area contributed by atoms with E-state index in [1.807, 2.05) is 0 Å². The Hall–Kier alpha value is -2.39. The monoisotopic (exact) mass is 340 g/mol. The number of nitrogens with one attached hydrogen (secondary N) is 1. The summed E-state index contributed by atoms with van der Waals surface area (Å²) in [5.74, 6) is -0.443. The molecule has 1 atom stereocenters. The third-order valence-electron chi connectivity index (χ3n) is 3.29. The Labute approximate surface area is 132 Å². The zero-order valence-electron chi connectivity index (χ0n) is 12.5. The highest BCUT2D eigenvalue weighted by Gasteiger charge is 2.32. The van der Waals surface area contributed by atoms with Gasteiger partial charge in [-0.25, -0.2) is 13.9 Å². The maximum atomic E-state index is 12.8. The standard InChI is InChI=1S/C14H16N2O6S/c1-3-13(12-8-11(16-22-12)14(17)15-18)23(19,20)10-6-4-5-9(7-10)21-2/h4-8,13,18H,3H2,1-2H3,(H,15,17). The number of ether oxygens (including phenoxy) is 1. The zero-order valence-corrected chi connectivity index (χ0v) is 13.3. The molecule has 0 fully saturated rings. The van der Waals surface area contributed by atoms with Crippen LogP contribution in [0.5, 0.6) is 5.75 Å². The second-order valence-electron chi connectivity index (χ2n) is 4.68. The number of amides is 1. The quantitative estimate of drug-likeness (QED) is 0.607. The van der Waals surface area contributed by atoms with Gasteiger partial charge in [-0.1, -0.05) is 18.1 Å². The molecule has 0 saturated carbocycles. The zero-order chi connectivity index (χ0) is 17.0. The number of hydrogen-bond donors (Lipinski definition) is 2. The lowest BCUT2D eigenvalue weighted by Gasteiger charge is -2.13. The molecule has 1 amide bonds. The van der Waals surface area contributed by atoms with Crippen molar-refractivity contribution < 1.29 is 27.7 Å². The lowest BCUT2D eigenvalue weighted by atomic mass is 10.2. The highest BCUT2D eigenvalue weighted by atomic mass is 32.2. The normalized spacial score (nSPS) is 12.7. The summed E-state index contributed by atoms with van der Waals surface area (Å²) in [6.45, 7) is 1.68. The van der Waals surface area contributed by atoms with Crippen LogP contribution in [-0.4, -0.2) is 31.8 Å². The van der Waals surface area contributed by atoms with Crippen LogP contribution >= 0.6 is 0 Å². The van der Waals surface area contributed by atoms with Gasteiger partial charge in [-0.15, -0.1) is 0 Å². The highest BCUT2D eigenvalue weighted by molar-refractivity contribution is 7.91. The maximum absolute atomic E-state index is 12.8. The van der Waals surface area contributed by atoms with Crippen molar-refractivity contribution in [3.05, 3.63) is 41.8 Å². The second-order valence-corrected chi connectivity index (χ2v) is 6.81. The van der Waals surface area contributed by atoms with E-state index in [1.54, 1.807) is 19.1 Å². The average molecular weight is 340 g/mol. The first-order chi connectivity index (χ1) is 10.9. The van der Waals surface area contributed by atoms with Gasteiger partial charge in [0, 0.05) is 6.07 Å². The summed E-state index contributed by atoms with van der Waals surface area (Å²) in [6.07, 6.45) is 0.217. The van der Waals surface area contributed by atoms with Crippen molar-refractivity contribution >= 4 is 15.7 Å². The molecular formula is C14H16N2O6S. The fourth-order valence-corrected chi connectivity index (χ4v) is 3.85. The van der Waals surface area contributed by atoms with E-state index in [4.69, 9.17) is 14.5 Å². The first kappa shape index (κ1) is 17.0. The number of hydroxylamine groups is 1. The lowest BCUT2D eigenvalue weighted by Crippen LogP contribution is -2.18. The molecule has 2 aromatic rings. The van der Waals surface area contributed by atoms with E-state index in [0.717, 1.165) is 0 Å². The Bertz CT molecular complexity index is 799. The summed E-state index contributed by atoms with van der Waals surface area (Å²) in [5, 5.41) is 11.0. The molecule has 1 aromatic carbocycles. The minimum Gasteiger partial charge on any atom is -0.497 e. The molecule has 1 aromatic heterocycles. The largest absolute Gasteiger partial charge is 0.497 e. The smallest absolute Gasteiger partial charge is 0.296 e. The summed E-state index contributed by atoms with van der Waals surface area (Å²) in [7, 11) is -2.32. The van der Waals surface area contributed by atoms with Gasteiger partial charge in [0.25, 0.3) is 5.91 Å². The molecule has 1 heterocycles. The molecule has 0 spiro atoms. The van der Waals surface area contributed by atoms with Crippen LogP contribution in [0.1, 0.15) is 34.8 Å². The Morgan fingerprint density at radius 1 is 1.43 bits per heavy atom. The third kappa shape index (κ3) is 3.35. The number of sulfone groups is 1. The number of carbonyl (C=O) groups excluding carboxylic acids is 1. The van der Waals surface area contributed by atoms with Gasteiger partial charge >= 0.3 is 0 Å². The molecule has 0 aliphatic heterocycles. The van der Waals surface area contributed by atoms with Crippen LogP contribution in [0.4, 0.5) is 0 Å². The number of carbonyl (C=O) groups is 1. The van der Waals surface area contributed by atoms with Crippen LogP contribution in [-0.2, 0) is 9.84 Å². The summed E-state index contributed by atoms with van der Waals surface area (Å²) < 4.78 is 35.6. The molecule has 0 aliphatic carbocycles. The van der Waals surface area contributed by atoms with Crippen molar-refractivity contribution in [2.45, 2.75) is 23.5 Å². The van der Waals surface area contributed by atoms with E-state index in [9.17, 15) is 13.2 Å². The topological polar surface area (TPSA) is 119 Å². The number of hydrogen-bond acceptors (Lipinski definition) is 7. The molecule has 8 nitrogen and oxygen atoms in total. The van der Waals surface area contributed by atoms with Crippen LogP contribution in [0.25, 0.3) is 0 Å². The van der Waals surface area contributed by atoms with Gasteiger partial charge in [0.1, 0.15) is 11.0 Å². The minimum atomic E-state index is -3.76. The molecule has 1 unspecified atom stereocenters. The number of nitrogens with zero attached hydrogens (tertiary/aromatic N) is 1. The number of aromatic nitrogens is 1. The van der Waals surface area contributed by atoms with Crippen molar-refractivity contribution in [3.63, 3.8) is 0 Å². The van der Waals surface area contributed by atoms with Gasteiger partial charge in [0.15, 0.2) is 21.3 Å². The number of methoxy groups -OCH3 is 1. The molecule has 9 heteroatoms. The average Bonchev–Trinajstić information content (AvgIpc) is 3.04. The second kappa shape index (κ2) is 6.80. The first-order valence-corrected chi connectivity index (χ1v) is 8.27. The molecule has 0 radical (unpaired) electrons. The Morgan fingerprint density at radius 2 is 2.17 bits per heavy atom. The fourth-order valence-electron chi connectivity index (χ4n) is 2.12. The van der Waals surface area contributed by atoms with E-state index in [-0.39, 0.29) is 22.8 Å². The lowest BCUT2D eigenvalue weighted by molar-refractivity contribution is 0.0696. The summed E-state index contributed by atoms with van der Waals surface area (Å²) in [4.78, 5) is 11.4. The van der Waals surface area contributed by atoms with Crippen LogP contribution < -0.4 is 10.2 Å². The van der Waals surface area contributed by atoms with E-state index < -0.39 is 21.0 Å². The maximum Gasteiger partial charge on any atom is 0.296 e. The molecule has 0 saturated heterocycles. The summed E-state index contributed by atoms with van der Waals surface area (Å²) in [6, 6.07) is 7.27. The van der Waals surface area contributed by atoms with Crippen LogP contribution in [0.15, 0.2) is 39.8 Å². The van der Waals surface area contributed by atoms with E-state index in [0.29, 0.717) is 5.75 Å². The minimum absolute atomic E-state index is 0.0221. The van der Waals surface area contributed by atoms with Crippen molar-refractivity contribution in [1.82, 2.24) is 10.6 Å². The van der Waals surface area contributed by atoms with Gasteiger partial charge in [-0.05, 0) is 24.6 Å². The van der Waals surface area contributed by atoms with E-state index in [2.05, 4.69) is 5.16 Å². The van der Waals surface area contributed by atoms with Gasteiger partial charge in [0.05, 0.1) is 12.0 Å². The van der Waals surface area contributed by atoms with Crippen LogP contribution in [0.3, 0.4) is 0 Å². The molecule has 0 aliphatic rings. The molecule has 0 bridgehead atoms. The van der Waals surface area contributed by atoms with Crippen LogP contribution in [0.2, 0.25) is 0 Å². The highest BCUT2D eigenvalue weighted by Crippen LogP contribution is 2.33. The Morgan fingerprint density at radius 3 is 2.78 bits per heavy atom. The fraction of sp³-hybridized carbons (Fsp3) is 0.286. The third-order valence-corrected chi connectivity index (χ3v) is 5.52. The Kier molecular flexibility index (Phi) is 5.02. The summed E-state index contributed by atoms with van der Waals surface area (Å²) >= 11 is 0. The SMILES string of the molecule is CCC(c1cc(C(=O)NO)no1)S(=O)(=O)c1cccc(OC)c1. The first-order valence-electron chi connectivity index (χ1n) is 6.73. The van der Waals surface area contributed by atoms with E-state index >= 15 is 0 Å². The van der Waals surface area contributed by atoms with Gasteiger partial charge in [0.2, 0.25) is 0 Å². The predicted octanol–water partition coefficient (Wildman–Crippen LogP) is 1.73. The molecule has 23 heavy (non-hydrogen) atoms. The van der Waals surface area contributed by atoms with Crippen molar-refractivity contribution in [1.29, 1.82) is 0 Å². The number of rotatable bonds is 6. The molecular weight excluding hydrogens is 324 g/mol. The Balaban J connectivity index is 2.42. The van der Waals surface area contributed by atoms with Gasteiger partial charge in [-0.2, -0.15) is 0 Å². The van der Waals surface area contributed by atoms with Crippen LogP contribution in [0, 0.1) is 0 Å². The molecule has 2 N–H and O–H groups in total. The van der Waals surface area contributed by atoms with Gasteiger partial charge in [-0.3, -0.25) is 10.0 Å². The molecule has 2 rings (SSSR count). The van der Waals surface area contributed by atoms with Crippen molar-refractivity contribution in [2.24, 2.45) is 0 Å². The van der Waals surface area contributed by atoms with Crippen molar-refractivity contribution in [3.8, 4) is 5.75 Å². The van der Waals surface area contributed by atoms with E-state index in [1.165, 1.54) is 30.8 Å². The van der Waals surface area contributed by atoms with Gasteiger partial charge < -0.3 is 9.26 Å². The molecule has 124 valence electrons.